The van der Waals surface area contributed by atoms with Crippen LogP contribution in [0, 0.1) is 25.7 Å². The minimum atomic E-state index is -0.426. The average Bonchev–Trinajstić information content (AvgIpc) is 2.89. The molecule has 2 aromatic rings. The van der Waals surface area contributed by atoms with Crippen LogP contribution in [0.4, 0.5) is 0 Å². The first-order valence-electron chi connectivity index (χ1n) is 14.4. The Balaban J connectivity index is 1.31. The predicted molar refractivity (Wildman–Crippen MR) is 150 cm³/mol. The SMILES string of the molecule is C=C(C)COc1cc(C)cc2oc(=O)c(CC(=O)N3CCCC4=C[C@H]5C[C@H](CN6CCCC[C@H]56)[C@@H]43)c(C)c12. The molecule has 4 aliphatic rings. The summed E-state index contributed by atoms with van der Waals surface area (Å²) in [5.74, 6) is 1.81. The first-order valence-corrected chi connectivity index (χ1v) is 14.4. The highest BCUT2D eigenvalue weighted by atomic mass is 16.5. The number of rotatable bonds is 5. The first kappa shape index (κ1) is 25.4. The van der Waals surface area contributed by atoms with Crippen LogP contribution in [0.15, 0.2) is 45.1 Å². The molecule has 6 heteroatoms. The third kappa shape index (κ3) is 4.51. The standard InChI is InChI=1S/C32H40N2O4/c1-19(2)18-37-27-12-20(3)13-28-30(27)21(4)25(32(36)38-28)16-29(35)34-11-7-8-22-14-23-15-24(31(22)34)17-33-10-6-5-9-26(23)33/h12-14,23-24,26,31H,1,5-11,15-18H2,2-4H3/t23-,24+,26+,31+/m0/s1. The van der Waals surface area contributed by atoms with Crippen molar-refractivity contribution in [1.82, 2.24) is 9.80 Å². The summed E-state index contributed by atoms with van der Waals surface area (Å²) in [4.78, 5) is 31.9. The van der Waals surface area contributed by atoms with Crippen molar-refractivity contribution < 1.29 is 13.9 Å². The molecule has 4 atom stereocenters. The Hall–Kier alpha value is -2.86. The predicted octanol–water partition coefficient (Wildman–Crippen LogP) is 5.33. The molecule has 0 radical (unpaired) electrons. The maximum Gasteiger partial charge on any atom is 0.340 e. The summed E-state index contributed by atoms with van der Waals surface area (Å²) >= 11 is 0. The number of hydrogen-bond acceptors (Lipinski definition) is 5. The number of carbonyl (C=O) groups is 1. The third-order valence-electron chi connectivity index (χ3n) is 9.27. The zero-order valence-electron chi connectivity index (χ0n) is 23.1. The maximum absolute atomic E-state index is 13.9. The molecule has 1 aromatic heterocycles. The fourth-order valence-corrected chi connectivity index (χ4v) is 7.66. The molecule has 6 rings (SSSR count). The molecule has 0 saturated carbocycles. The summed E-state index contributed by atoms with van der Waals surface area (Å²) in [6, 6.07) is 4.68. The van der Waals surface area contributed by atoms with Crippen molar-refractivity contribution in [3.8, 4) is 5.75 Å². The third-order valence-corrected chi connectivity index (χ3v) is 9.27. The first-order chi connectivity index (χ1) is 18.3. The Morgan fingerprint density at radius 3 is 2.84 bits per heavy atom. The topological polar surface area (TPSA) is 63.0 Å². The van der Waals surface area contributed by atoms with E-state index in [9.17, 15) is 9.59 Å². The van der Waals surface area contributed by atoms with Crippen LogP contribution in [-0.4, -0.2) is 54.0 Å². The van der Waals surface area contributed by atoms with E-state index in [0.29, 0.717) is 41.4 Å². The van der Waals surface area contributed by atoms with Gasteiger partial charge in [0.05, 0.1) is 23.4 Å². The van der Waals surface area contributed by atoms with Crippen LogP contribution in [0.5, 0.6) is 5.75 Å². The van der Waals surface area contributed by atoms with Gasteiger partial charge in [0.1, 0.15) is 17.9 Å². The van der Waals surface area contributed by atoms with Crippen LogP contribution in [-0.2, 0) is 11.2 Å². The second-order valence-corrected chi connectivity index (χ2v) is 12.1. The number of likely N-dealkylation sites (tertiary alicyclic amines) is 1. The van der Waals surface area contributed by atoms with E-state index in [4.69, 9.17) is 9.15 Å². The van der Waals surface area contributed by atoms with Crippen molar-refractivity contribution in [3.63, 3.8) is 0 Å². The zero-order chi connectivity index (χ0) is 26.6. The van der Waals surface area contributed by atoms with Gasteiger partial charge in [0, 0.05) is 19.1 Å². The molecule has 1 amide bonds. The number of benzene rings is 1. The highest BCUT2D eigenvalue weighted by Crippen LogP contribution is 2.45. The van der Waals surface area contributed by atoms with E-state index in [0.717, 1.165) is 48.0 Å². The van der Waals surface area contributed by atoms with Crippen molar-refractivity contribution in [2.45, 2.75) is 77.8 Å². The Labute approximate surface area is 225 Å². The van der Waals surface area contributed by atoms with Gasteiger partial charge in [-0.3, -0.25) is 9.69 Å². The second kappa shape index (κ2) is 10.0. The molecule has 6 nitrogen and oxygen atoms in total. The van der Waals surface area contributed by atoms with Crippen LogP contribution < -0.4 is 10.4 Å². The number of piperidine rings is 3. The van der Waals surface area contributed by atoms with E-state index in [-0.39, 0.29) is 18.4 Å². The molecule has 4 heterocycles. The van der Waals surface area contributed by atoms with Gasteiger partial charge in [0.25, 0.3) is 0 Å². The molecule has 3 aliphatic heterocycles. The number of aryl methyl sites for hydroxylation is 2. The molecule has 202 valence electrons. The van der Waals surface area contributed by atoms with Crippen molar-refractivity contribution >= 4 is 16.9 Å². The van der Waals surface area contributed by atoms with Gasteiger partial charge in [-0.1, -0.05) is 24.6 Å². The Bertz CT molecular complexity index is 1370. The molecule has 38 heavy (non-hydrogen) atoms. The fourth-order valence-electron chi connectivity index (χ4n) is 7.66. The molecule has 2 bridgehead atoms. The molecule has 1 aromatic carbocycles. The monoisotopic (exact) mass is 516 g/mol. The zero-order valence-corrected chi connectivity index (χ0v) is 23.1. The molecule has 0 N–H and O–H groups in total. The number of hydrogen-bond donors (Lipinski definition) is 0. The van der Waals surface area contributed by atoms with Gasteiger partial charge in [-0.2, -0.15) is 0 Å². The van der Waals surface area contributed by atoms with Crippen molar-refractivity contribution in [3.05, 3.63) is 63.0 Å². The van der Waals surface area contributed by atoms with Gasteiger partial charge in [0.15, 0.2) is 0 Å². The van der Waals surface area contributed by atoms with Crippen molar-refractivity contribution in [2.75, 3.05) is 26.2 Å². The molecule has 0 spiro atoms. The van der Waals surface area contributed by atoms with Crippen molar-refractivity contribution in [1.29, 1.82) is 0 Å². The molecule has 3 fully saturated rings. The molecule has 3 saturated heterocycles. The van der Waals surface area contributed by atoms with Crippen LogP contribution in [0.3, 0.4) is 0 Å². The lowest BCUT2D eigenvalue weighted by Gasteiger charge is -2.54. The second-order valence-electron chi connectivity index (χ2n) is 12.1. The molecular weight excluding hydrogens is 476 g/mol. The largest absolute Gasteiger partial charge is 0.488 e. The lowest BCUT2D eigenvalue weighted by Crippen LogP contribution is -2.60. The smallest absolute Gasteiger partial charge is 0.340 e. The Morgan fingerprint density at radius 2 is 2.03 bits per heavy atom. The quantitative estimate of drug-likeness (QED) is 0.397. The lowest BCUT2D eigenvalue weighted by atomic mass is 9.68. The minimum absolute atomic E-state index is 0.0334. The van der Waals surface area contributed by atoms with Crippen LogP contribution >= 0.6 is 0 Å². The van der Waals surface area contributed by atoms with E-state index in [1.807, 2.05) is 32.9 Å². The van der Waals surface area contributed by atoms with Gasteiger partial charge in [-0.05, 0) is 100 Å². The van der Waals surface area contributed by atoms with Crippen LogP contribution in [0.2, 0.25) is 0 Å². The van der Waals surface area contributed by atoms with E-state index >= 15 is 0 Å². The molecule has 1 aliphatic carbocycles. The Morgan fingerprint density at radius 1 is 1.18 bits per heavy atom. The maximum atomic E-state index is 13.9. The summed E-state index contributed by atoms with van der Waals surface area (Å²) in [6.07, 6.45) is 9.79. The van der Waals surface area contributed by atoms with E-state index < -0.39 is 5.63 Å². The summed E-state index contributed by atoms with van der Waals surface area (Å²) in [5, 5.41) is 0.766. The van der Waals surface area contributed by atoms with Gasteiger partial charge >= 0.3 is 5.63 Å². The molecule has 0 unspecified atom stereocenters. The number of ether oxygens (including phenoxy) is 1. The summed E-state index contributed by atoms with van der Waals surface area (Å²) in [6.45, 7) is 13.1. The van der Waals surface area contributed by atoms with Crippen LogP contribution in [0.1, 0.15) is 62.1 Å². The van der Waals surface area contributed by atoms with E-state index in [1.54, 1.807) is 0 Å². The van der Waals surface area contributed by atoms with E-state index in [1.165, 1.54) is 37.8 Å². The number of carbonyl (C=O) groups excluding carboxylic acids is 1. The fraction of sp³-hybridized carbons (Fsp3) is 0.562. The number of amides is 1. The average molecular weight is 517 g/mol. The van der Waals surface area contributed by atoms with Gasteiger partial charge < -0.3 is 14.1 Å². The lowest BCUT2D eigenvalue weighted by molar-refractivity contribution is -0.135. The van der Waals surface area contributed by atoms with Gasteiger partial charge in [0.2, 0.25) is 5.91 Å². The number of nitrogens with zero attached hydrogens (tertiary/aromatic N) is 2. The number of fused-ring (bicyclic) bond motifs is 7. The molecular formula is C32H40N2O4. The Kier molecular flexibility index (Phi) is 6.71. The highest BCUT2D eigenvalue weighted by Gasteiger charge is 2.46. The van der Waals surface area contributed by atoms with E-state index in [2.05, 4.69) is 22.5 Å². The van der Waals surface area contributed by atoms with Gasteiger partial charge in [-0.15, -0.1) is 0 Å². The summed E-state index contributed by atoms with van der Waals surface area (Å²) in [5.41, 5.74) is 4.61. The van der Waals surface area contributed by atoms with Gasteiger partial charge in [-0.25, -0.2) is 4.79 Å². The summed E-state index contributed by atoms with van der Waals surface area (Å²) < 4.78 is 11.8. The minimum Gasteiger partial charge on any atom is -0.488 e. The normalized spacial score (nSPS) is 26.9. The van der Waals surface area contributed by atoms with Crippen molar-refractivity contribution in [2.24, 2.45) is 11.8 Å². The van der Waals surface area contributed by atoms with Crippen LogP contribution in [0.25, 0.3) is 11.0 Å². The highest BCUT2D eigenvalue weighted by molar-refractivity contribution is 5.90. The summed E-state index contributed by atoms with van der Waals surface area (Å²) in [7, 11) is 0.